The highest BCUT2D eigenvalue weighted by molar-refractivity contribution is 5.83. The van der Waals surface area contributed by atoms with Gasteiger partial charge >= 0.3 is 0 Å². The van der Waals surface area contributed by atoms with Crippen LogP contribution in [0.15, 0.2) is 77.4 Å². The van der Waals surface area contributed by atoms with Crippen molar-refractivity contribution in [3.05, 3.63) is 84.4 Å². The van der Waals surface area contributed by atoms with Gasteiger partial charge in [0.15, 0.2) is 5.76 Å². The highest BCUT2D eigenvalue weighted by Gasteiger charge is 2.17. The van der Waals surface area contributed by atoms with Gasteiger partial charge in [0.05, 0.1) is 11.8 Å². The summed E-state index contributed by atoms with van der Waals surface area (Å²) in [4.78, 5) is 4.31. The molecule has 0 spiro atoms. The SMILES string of the molecule is N#Cc1cc(-c2ccc(-c3ccccc3)c(F)c2)c(-c2ccco2)nc1N. The molecular formula is C22H14FN3O. The second-order valence-electron chi connectivity index (χ2n) is 5.97. The number of rotatable bonds is 3. The Morgan fingerprint density at radius 3 is 2.41 bits per heavy atom. The van der Waals surface area contributed by atoms with Crippen molar-refractivity contribution >= 4 is 5.82 Å². The smallest absolute Gasteiger partial charge is 0.152 e. The number of halogens is 1. The Morgan fingerprint density at radius 1 is 0.926 bits per heavy atom. The van der Waals surface area contributed by atoms with E-state index in [1.807, 2.05) is 36.4 Å². The Balaban J connectivity index is 1.89. The average molecular weight is 355 g/mol. The van der Waals surface area contributed by atoms with Crippen LogP contribution >= 0.6 is 0 Å². The fourth-order valence-corrected chi connectivity index (χ4v) is 2.97. The van der Waals surface area contributed by atoms with Gasteiger partial charge in [-0.3, -0.25) is 0 Å². The minimum absolute atomic E-state index is 0.106. The molecule has 0 aliphatic carbocycles. The van der Waals surface area contributed by atoms with Crippen molar-refractivity contribution < 1.29 is 8.81 Å². The molecule has 2 N–H and O–H groups in total. The number of furan rings is 1. The van der Waals surface area contributed by atoms with Crippen LogP contribution in [0.3, 0.4) is 0 Å². The van der Waals surface area contributed by atoms with Gasteiger partial charge in [-0.1, -0.05) is 42.5 Å². The van der Waals surface area contributed by atoms with Gasteiger partial charge in [0, 0.05) is 11.1 Å². The molecule has 0 saturated carbocycles. The minimum atomic E-state index is -0.362. The van der Waals surface area contributed by atoms with Crippen molar-refractivity contribution in [2.45, 2.75) is 0 Å². The Morgan fingerprint density at radius 2 is 1.74 bits per heavy atom. The summed E-state index contributed by atoms with van der Waals surface area (Å²) in [5.74, 6) is 0.238. The Bertz CT molecular complexity index is 1150. The first-order valence-electron chi connectivity index (χ1n) is 8.27. The quantitative estimate of drug-likeness (QED) is 0.543. The zero-order chi connectivity index (χ0) is 18.8. The zero-order valence-corrected chi connectivity index (χ0v) is 14.2. The predicted octanol–water partition coefficient (Wildman–Crippen LogP) is 5.27. The number of pyridine rings is 1. The average Bonchev–Trinajstić information content (AvgIpc) is 3.23. The number of nitriles is 1. The monoisotopic (exact) mass is 355 g/mol. The first-order chi connectivity index (χ1) is 13.2. The third-order valence-electron chi connectivity index (χ3n) is 4.29. The van der Waals surface area contributed by atoms with E-state index in [9.17, 15) is 9.65 Å². The number of nitrogens with zero attached hydrogens (tertiary/aromatic N) is 2. The molecule has 0 saturated heterocycles. The van der Waals surface area contributed by atoms with Crippen LogP contribution in [-0.4, -0.2) is 4.98 Å². The maximum atomic E-state index is 14.8. The summed E-state index contributed by atoms with van der Waals surface area (Å²) in [7, 11) is 0. The summed E-state index contributed by atoms with van der Waals surface area (Å²) in [6.45, 7) is 0. The van der Waals surface area contributed by atoms with Crippen molar-refractivity contribution in [2.75, 3.05) is 5.73 Å². The van der Waals surface area contributed by atoms with Crippen LogP contribution in [0.5, 0.6) is 0 Å². The van der Waals surface area contributed by atoms with E-state index in [0.717, 1.165) is 5.56 Å². The normalized spacial score (nSPS) is 10.5. The van der Waals surface area contributed by atoms with Crippen LogP contribution in [0.1, 0.15) is 5.56 Å². The molecule has 4 rings (SSSR count). The molecule has 2 aromatic heterocycles. The summed E-state index contributed by atoms with van der Waals surface area (Å²) in [5, 5.41) is 9.29. The fraction of sp³-hybridized carbons (Fsp3) is 0. The van der Waals surface area contributed by atoms with E-state index < -0.39 is 0 Å². The van der Waals surface area contributed by atoms with Gasteiger partial charge in [0.2, 0.25) is 0 Å². The molecule has 0 aliphatic rings. The van der Waals surface area contributed by atoms with Gasteiger partial charge in [-0.25, -0.2) is 9.37 Å². The van der Waals surface area contributed by atoms with E-state index in [4.69, 9.17) is 10.2 Å². The molecule has 130 valence electrons. The molecule has 0 atom stereocenters. The zero-order valence-electron chi connectivity index (χ0n) is 14.2. The molecular weight excluding hydrogens is 341 g/mol. The van der Waals surface area contributed by atoms with Crippen LogP contribution in [0.2, 0.25) is 0 Å². The Labute approximate surface area is 155 Å². The summed E-state index contributed by atoms with van der Waals surface area (Å²) in [5.41, 5.74) is 9.02. The number of nitrogen functional groups attached to an aromatic ring is 1. The number of hydrogen-bond acceptors (Lipinski definition) is 4. The Hall–Kier alpha value is -3.91. The van der Waals surface area contributed by atoms with Crippen molar-refractivity contribution in [1.82, 2.24) is 4.98 Å². The van der Waals surface area contributed by atoms with Crippen LogP contribution < -0.4 is 5.73 Å². The van der Waals surface area contributed by atoms with E-state index in [0.29, 0.717) is 28.1 Å². The standard InChI is InChI=1S/C22H14FN3O/c23-19-12-15(8-9-17(19)14-5-2-1-3-6-14)18-11-16(13-24)22(25)26-21(18)20-7-4-10-27-20/h1-12H,(H2,25,26). The molecule has 2 heterocycles. The Kier molecular flexibility index (Phi) is 4.15. The van der Waals surface area contributed by atoms with Crippen molar-refractivity contribution in [3.8, 4) is 39.8 Å². The maximum Gasteiger partial charge on any atom is 0.152 e. The van der Waals surface area contributed by atoms with Crippen LogP contribution in [0, 0.1) is 17.1 Å². The number of nitrogens with two attached hydrogens (primary N) is 1. The van der Waals surface area contributed by atoms with Gasteiger partial charge in [0.25, 0.3) is 0 Å². The highest BCUT2D eigenvalue weighted by Crippen LogP contribution is 2.35. The van der Waals surface area contributed by atoms with Crippen molar-refractivity contribution in [2.24, 2.45) is 0 Å². The molecule has 0 fully saturated rings. The van der Waals surface area contributed by atoms with Gasteiger partial charge in [-0.05, 0) is 35.4 Å². The first kappa shape index (κ1) is 16.6. The van der Waals surface area contributed by atoms with Crippen molar-refractivity contribution in [3.63, 3.8) is 0 Å². The van der Waals surface area contributed by atoms with E-state index in [1.165, 1.54) is 12.3 Å². The largest absolute Gasteiger partial charge is 0.463 e. The number of hydrogen-bond donors (Lipinski definition) is 1. The van der Waals surface area contributed by atoms with Gasteiger partial charge in [0.1, 0.15) is 23.4 Å². The number of anilines is 1. The third kappa shape index (κ3) is 3.05. The summed E-state index contributed by atoms with van der Waals surface area (Å²) in [6.07, 6.45) is 1.52. The molecule has 0 unspecified atom stereocenters. The number of aromatic nitrogens is 1. The second-order valence-corrected chi connectivity index (χ2v) is 5.97. The van der Waals surface area contributed by atoms with E-state index >= 15 is 0 Å². The van der Waals surface area contributed by atoms with Crippen LogP contribution in [0.25, 0.3) is 33.7 Å². The molecule has 0 bridgehead atoms. The highest BCUT2D eigenvalue weighted by atomic mass is 19.1. The lowest BCUT2D eigenvalue weighted by atomic mass is 9.97. The molecule has 4 nitrogen and oxygen atoms in total. The topological polar surface area (TPSA) is 75.8 Å². The summed E-state index contributed by atoms with van der Waals surface area (Å²) >= 11 is 0. The lowest BCUT2D eigenvalue weighted by molar-refractivity contribution is 0.580. The number of benzene rings is 2. The summed E-state index contributed by atoms with van der Waals surface area (Å²) < 4.78 is 20.3. The molecule has 27 heavy (non-hydrogen) atoms. The summed E-state index contributed by atoms with van der Waals surface area (Å²) in [6, 6.07) is 21.4. The second kappa shape index (κ2) is 6.77. The lowest BCUT2D eigenvalue weighted by Gasteiger charge is -2.11. The molecule has 5 heteroatoms. The van der Waals surface area contributed by atoms with Gasteiger partial charge in [-0.15, -0.1) is 0 Å². The fourth-order valence-electron chi connectivity index (χ4n) is 2.97. The van der Waals surface area contributed by atoms with E-state index in [-0.39, 0.29) is 17.2 Å². The molecule has 2 aromatic carbocycles. The van der Waals surface area contributed by atoms with Crippen LogP contribution in [-0.2, 0) is 0 Å². The maximum absolute atomic E-state index is 14.8. The van der Waals surface area contributed by atoms with Crippen LogP contribution in [0.4, 0.5) is 10.2 Å². The molecule has 0 aliphatic heterocycles. The van der Waals surface area contributed by atoms with Gasteiger partial charge in [-0.2, -0.15) is 5.26 Å². The molecule has 4 aromatic rings. The molecule has 0 radical (unpaired) electrons. The van der Waals surface area contributed by atoms with E-state index in [2.05, 4.69) is 4.98 Å². The van der Waals surface area contributed by atoms with Gasteiger partial charge < -0.3 is 10.2 Å². The molecule has 0 amide bonds. The minimum Gasteiger partial charge on any atom is -0.463 e. The third-order valence-corrected chi connectivity index (χ3v) is 4.29. The van der Waals surface area contributed by atoms with E-state index in [1.54, 1.807) is 30.3 Å². The predicted molar refractivity (Wildman–Crippen MR) is 102 cm³/mol. The lowest BCUT2D eigenvalue weighted by Crippen LogP contribution is -1.99. The first-order valence-corrected chi connectivity index (χ1v) is 8.27. The van der Waals surface area contributed by atoms with Crippen molar-refractivity contribution in [1.29, 1.82) is 5.26 Å².